The van der Waals surface area contributed by atoms with Gasteiger partial charge in [-0.05, 0) is 0 Å². The number of ether oxygens (including phenoxy) is 1. The summed E-state index contributed by atoms with van der Waals surface area (Å²) in [5, 5.41) is 41.5. The Kier molecular flexibility index (Phi) is 4.76. The van der Waals surface area contributed by atoms with Gasteiger partial charge in [-0.15, -0.1) is 4.39 Å². The molecule has 1 aliphatic rings. The third-order valence-electron chi connectivity index (χ3n) is 2.73. The van der Waals surface area contributed by atoms with E-state index < -0.39 is 48.9 Å². The molecule has 2 amide bonds. The van der Waals surface area contributed by atoms with Crippen LogP contribution >= 0.6 is 0 Å². The average Bonchev–Trinajstić information content (AvgIpc) is 2.29. The number of aliphatic hydroxyl groups is 4. The van der Waals surface area contributed by atoms with Crippen LogP contribution in [0.1, 0.15) is 6.92 Å². The molecule has 1 saturated heterocycles. The van der Waals surface area contributed by atoms with E-state index >= 15 is 0 Å². The van der Waals surface area contributed by atoms with Gasteiger partial charge in [0.1, 0.15) is 18.3 Å². The molecular formula is C9H15FN2O7. The van der Waals surface area contributed by atoms with Crippen LogP contribution in [0.15, 0.2) is 0 Å². The van der Waals surface area contributed by atoms with Crippen LogP contribution in [-0.2, 0) is 9.53 Å². The minimum absolute atomic E-state index is 0.741. The number of carbonyl (C=O) groups is 2. The number of nitrogens with one attached hydrogen (secondary N) is 2. The van der Waals surface area contributed by atoms with E-state index in [4.69, 9.17) is 9.84 Å². The zero-order chi connectivity index (χ0) is 14.8. The maximum absolute atomic E-state index is 12.5. The van der Waals surface area contributed by atoms with Crippen molar-refractivity contribution in [3.05, 3.63) is 0 Å². The van der Waals surface area contributed by atoms with Gasteiger partial charge < -0.3 is 30.5 Å². The average molecular weight is 282 g/mol. The van der Waals surface area contributed by atoms with Crippen LogP contribution < -0.4 is 10.6 Å². The lowest BCUT2D eigenvalue weighted by Gasteiger charge is -2.48. The lowest BCUT2D eigenvalue weighted by atomic mass is 9.90. The van der Waals surface area contributed by atoms with Crippen molar-refractivity contribution in [1.29, 1.82) is 0 Å². The molecular weight excluding hydrogens is 267 g/mol. The molecule has 0 aliphatic carbocycles. The molecule has 1 rings (SSSR count). The topological polar surface area (TPSA) is 148 Å². The van der Waals surface area contributed by atoms with E-state index in [9.17, 15) is 29.3 Å². The summed E-state index contributed by atoms with van der Waals surface area (Å²) in [6.07, 6.45) is -9.37. The fourth-order valence-corrected chi connectivity index (χ4v) is 1.88. The number of halogens is 1. The molecule has 3 unspecified atom stereocenters. The Morgan fingerprint density at radius 3 is 2.32 bits per heavy atom. The molecule has 10 heteroatoms. The van der Waals surface area contributed by atoms with Gasteiger partial charge in [0.05, 0.1) is 6.61 Å². The van der Waals surface area contributed by atoms with Crippen molar-refractivity contribution < 1.29 is 39.1 Å². The first kappa shape index (κ1) is 15.7. The molecule has 1 fully saturated rings. The second kappa shape index (κ2) is 5.75. The molecule has 0 aromatic heterocycles. The van der Waals surface area contributed by atoms with Gasteiger partial charge in [-0.1, -0.05) is 0 Å². The number of carbonyl (C=O) groups excluding carboxylic acids is 2. The van der Waals surface area contributed by atoms with Crippen LogP contribution in [-0.4, -0.2) is 69.4 Å². The molecule has 0 bridgehead atoms. The Morgan fingerprint density at radius 1 is 1.32 bits per heavy atom. The molecule has 110 valence electrons. The van der Waals surface area contributed by atoms with Crippen LogP contribution in [0, 0.1) is 0 Å². The Labute approximate surface area is 107 Å². The molecule has 0 aromatic rings. The normalized spacial score (nSPS) is 38.6. The zero-order valence-electron chi connectivity index (χ0n) is 9.91. The minimum atomic E-state index is -2.46. The standard InChI is InChI=1S/C9H15FN2O7/c1-3(14)11-9(12-8(10)18)6(16)5(15)4(2-13)19-7(9)17/h4-7,13,15-17H,2H2,1H3,(H,11,14)(H,12,18)/t4?,5-,6?,7?,9+/m1/s1. The molecule has 0 radical (unpaired) electrons. The van der Waals surface area contributed by atoms with Crippen LogP contribution in [0.25, 0.3) is 0 Å². The second-order valence-electron chi connectivity index (χ2n) is 4.09. The summed E-state index contributed by atoms with van der Waals surface area (Å²) in [5.41, 5.74) is -2.46. The quantitative estimate of drug-likeness (QED) is 0.183. The number of hydrogen-bond acceptors (Lipinski definition) is 7. The van der Waals surface area contributed by atoms with Crippen molar-refractivity contribution in [2.45, 2.75) is 37.2 Å². The highest BCUT2D eigenvalue weighted by atomic mass is 19.1. The predicted octanol–water partition coefficient (Wildman–Crippen LogP) is -3.07. The third-order valence-corrected chi connectivity index (χ3v) is 2.73. The maximum Gasteiger partial charge on any atom is 0.399 e. The van der Waals surface area contributed by atoms with E-state index in [1.165, 1.54) is 5.32 Å². The Balaban J connectivity index is 3.12. The van der Waals surface area contributed by atoms with Crippen molar-refractivity contribution in [3.8, 4) is 0 Å². The lowest BCUT2D eigenvalue weighted by Crippen LogP contribution is -2.79. The van der Waals surface area contributed by atoms with Gasteiger partial charge in [-0.2, -0.15) is 0 Å². The number of aliphatic hydroxyl groups excluding tert-OH is 4. The maximum atomic E-state index is 12.5. The van der Waals surface area contributed by atoms with Crippen LogP contribution in [0.3, 0.4) is 0 Å². The van der Waals surface area contributed by atoms with Crippen molar-refractivity contribution in [2.24, 2.45) is 0 Å². The van der Waals surface area contributed by atoms with Gasteiger partial charge in [0, 0.05) is 6.92 Å². The minimum Gasteiger partial charge on any atom is -0.394 e. The third kappa shape index (κ3) is 2.98. The van der Waals surface area contributed by atoms with Crippen molar-refractivity contribution >= 4 is 12.1 Å². The van der Waals surface area contributed by atoms with Crippen molar-refractivity contribution in [1.82, 2.24) is 10.6 Å². The molecule has 9 nitrogen and oxygen atoms in total. The van der Waals surface area contributed by atoms with E-state index in [-0.39, 0.29) is 0 Å². The Morgan fingerprint density at radius 2 is 1.89 bits per heavy atom. The molecule has 0 saturated carbocycles. The van der Waals surface area contributed by atoms with Crippen LogP contribution in [0.4, 0.5) is 9.18 Å². The summed E-state index contributed by atoms with van der Waals surface area (Å²) in [5.74, 6) is -0.829. The van der Waals surface area contributed by atoms with E-state index in [0.29, 0.717) is 0 Å². The smallest absolute Gasteiger partial charge is 0.394 e. The van der Waals surface area contributed by atoms with Gasteiger partial charge >= 0.3 is 6.16 Å². The summed E-state index contributed by atoms with van der Waals surface area (Å²) in [6.45, 7) is 0.241. The lowest BCUT2D eigenvalue weighted by molar-refractivity contribution is -0.288. The molecule has 1 heterocycles. The fourth-order valence-electron chi connectivity index (χ4n) is 1.88. The molecule has 5 atom stereocenters. The summed E-state index contributed by atoms with van der Waals surface area (Å²) in [4.78, 5) is 21.6. The Bertz CT molecular complexity index is 350. The van der Waals surface area contributed by atoms with Crippen molar-refractivity contribution in [2.75, 3.05) is 6.61 Å². The van der Waals surface area contributed by atoms with Gasteiger partial charge in [0.25, 0.3) is 0 Å². The highest BCUT2D eigenvalue weighted by molar-refractivity contribution is 5.75. The first-order valence-electron chi connectivity index (χ1n) is 5.31. The summed E-state index contributed by atoms with van der Waals surface area (Å²) < 4.78 is 17.3. The first-order valence-corrected chi connectivity index (χ1v) is 5.31. The second-order valence-corrected chi connectivity index (χ2v) is 4.09. The van der Waals surface area contributed by atoms with E-state index in [1.807, 2.05) is 5.32 Å². The molecule has 6 N–H and O–H groups in total. The largest absolute Gasteiger partial charge is 0.399 e. The zero-order valence-corrected chi connectivity index (χ0v) is 9.91. The summed E-state index contributed by atoms with van der Waals surface area (Å²) in [7, 11) is 0. The van der Waals surface area contributed by atoms with Crippen molar-refractivity contribution in [3.63, 3.8) is 0 Å². The van der Waals surface area contributed by atoms with Crippen LogP contribution in [0.5, 0.6) is 0 Å². The van der Waals surface area contributed by atoms with E-state index in [2.05, 4.69) is 0 Å². The number of amides is 2. The van der Waals surface area contributed by atoms with Gasteiger partial charge in [-0.25, -0.2) is 4.79 Å². The van der Waals surface area contributed by atoms with Crippen LogP contribution in [0.2, 0.25) is 0 Å². The fraction of sp³-hybridized carbons (Fsp3) is 0.778. The van der Waals surface area contributed by atoms with E-state index in [0.717, 1.165) is 6.92 Å². The van der Waals surface area contributed by atoms with Gasteiger partial charge in [0.15, 0.2) is 5.66 Å². The summed E-state index contributed by atoms with van der Waals surface area (Å²) in [6, 6.07) is 0. The molecule has 19 heavy (non-hydrogen) atoms. The predicted molar refractivity (Wildman–Crippen MR) is 56.2 cm³/mol. The number of hydrogen-bond donors (Lipinski definition) is 6. The SMILES string of the molecule is CC(=O)N[C@@]1(NC(=O)F)C(O)OC(CO)[C@@H](O)C1O. The summed E-state index contributed by atoms with van der Waals surface area (Å²) >= 11 is 0. The highest BCUT2D eigenvalue weighted by Gasteiger charge is 2.57. The highest BCUT2D eigenvalue weighted by Crippen LogP contribution is 2.27. The monoisotopic (exact) mass is 282 g/mol. The Hall–Kier alpha value is -1.33. The number of rotatable bonds is 3. The molecule has 0 spiro atoms. The first-order chi connectivity index (χ1) is 8.74. The molecule has 1 aliphatic heterocycles. The van der Waals surface area contributed by atoms with Gasteiger partial charge in [-0.3, -0.25) is 10.1 Å². The van der Waals surface area contributed by atoms with Gasteiger partial charge in [0.2, 0.25) is 12.2 Å². The molecule has 0 aromatic carbocycles. The van der Waals surface area contributed by atoms with E-state index in [1.54, 1.807) is 0 Å².